The number of carbonyl (C=O) groups is 3. The number of benzene rings is 4. The SMILES string of the molecule is O=C(NC(Cc1ccc2ccccc2c1)C(=O)NC(Cc1ccc2ccccc2c1)C(=O)O)C1CCNCC1. The van der Waals surface area contributed by atoms with Gasteiger partial charge in [0.05, 0.1) is 0 Å². The van der Waals surface area contributed by atoms with Gasteiger partial charge in [0.1, 0.15) is 12.1 Å². The molecule has 1 aliphatic rings. The van der Waals surface area contributed by atoms with E-state index in [0.717, 1.165) is 45.8 Å². The zero-order chi connectivity index (χ0) is 27.2. The first-order chi connectivity index (χ1) is 19.0. The number of carboxylic acids is 1. The molecular formula is C32H33N3O4. The van der Waals surface area contributed by atoms with Crippen molar-refractivity contribution in [2.75, 3.05) is 13.1 Å². The topological polar surface area (TPSA) is 108 Å². The minimum Gasteiger partial charge on any atom is -0.480 e. The standard InChI is InChI=1S/C32H33N3O4/c36-30(25-13-15-33-16-14-25)34-28(19-21-9-11-23-5-1-3-7-26(23)17-21)31(37)35-29(32(38)39)20-22-10-12-24-6-2-4-8-27(24)18-22/h1-12,17-18,25,28-29,33H,13-16,19-20H2,(H,34,36)(H,35,37)(H,38,39). The summed E-state index contributed by atoms with van der Waals surface area (Å²) >= 11 is 0. The van der Waals surface area contributed by atoms with Gasteiger partial charge in [-0.25, -0.2) is 4.79 Å². The lowest BCUT2D eigenvalue weighted by Crippen LogP contribution is -2.54. The third-order valence-corrected chi connectivity index (χ3v) is 7.46. The summed E-state index contributed by atoms with van der Waals surface area (Å²) in [5.41, 5.74) is 1.70. The van der Waals surface area contributed by atoms with E-state index in [1.54, 1.807) is 0 Å². The van der Waals surface area contributed by atoms with Crippen LogP contribution in [0.5, 0.6) is 0 Å². The summed E-state index contributed by atoms with van der Waals surface area (Å²) in [5.74, 6) is -1.96. The van der Waals surface area contributed by atoms with Gasteiger partial charge in [-0.2, -0.15) is 0 Å². The quantitative estimate of drug-likeness (QED) is 0.267. The molecule has 1 heterocycles. The summed E-state index contributed by atoms with van der Waals surface area (Å²) < 4.78 is 0. The summed E-state index contributed by atoms with van der Waals surface area (Å²) in [4.78, 5) is 38.9. The summed E-state index contributed by atoms with van der Waals surface area (Å²) in [7, 11) is 0. The summed E-state index contributed by atoms with van der Waals surface area (Å²) in [6.07, 6.45) is 1.80. The average Bonchev–Trinajstić information content (AvgIpc) is 2.96. The van der Waals surface area contributed by atoms with Gasteiger partial charge in [0, 0.05) is 18.8 Å². The van der Waals surface area contributed by atoms with Gasteiger partial charge >= 0.3 is 5.97 Å². The van der Waals surface area contributed by atoms with Crippen LogP contribution >= 0.6 is 0 Å². The van der Waals surface area contributed by atoms with Crippen LogP contribution in [-0.2, 0) is 27.2 Å². The van der Waals surface area contributed by atoms with Crippen LogP contribution in [0, 0.1) is 5.92 Å². The van der Waals surface area contributed by atoms with Crippen molar-refractivity contribution in [2.45, 2.75) is 37.8 Å². The summed E-state index contributed by atoms with van der Waals surface area (Å²) in [6.45, 7) is 1.51. The number of rotatable bonds is 9. The second kappa shape index (κ2) is 12.1. The molecule has 2 unspecified atom stereocenters. The normalized spacial score (nSPS) is 15.5. The van der Waals surface area contributed by atoms with Crippen molar-refractivity contribution in [1.82, 2.24) is 16.0 Å². The first-order valence-corrected chi connectivity index (χ1v) is 13.5. The monoisotopic (exact) mass is 523 g/mol. The molecule has 2 amide bonds. The molecule has 0 saturated carbocycles. The molecule has 0 aliphatic carbocycles. The van der Waals surface area contributed by atoms with Crippen molar-refractivity contribution in [3.05, 3.63) is 96.1 Å². The number of fused-ring (bicyclic) bond motifs is 2. The first-order valence-electron chi connectivity index (χ1n) is 13.5. The maximum atomic E-state index is 13.5. The highest BCUT2D eigenvalue weighted by atomic mass is 16.4. The van der Waals surface area contributed by atoms with Crippen molar-refractivity contribution in [2.24, 2.45) is 5.92 Å². The van der Waals surface area contributed by atoms with Crippen molar-refractivity contribution in [3.8, 4) is 0 Å². The maximum absolute atomic E-state index is 13.5. The lowest BCUT2D eigenvalue weighted by atomic mass is 9.95. The zero-order valence-electron chi connectivity index (χ0n) is 21.7. The van der Waals surface area contributed by atoms with E-state index < -0.39 is 24.0 Å². The average molecular weight is 524 g/mol. The first kappa shape index (κ1) is 26.4. The third-order valence-electron chi connectivity index (χ3n) is 7.46. The van der Waals surface area contributed by atoms with Crippen LogP contribution < -0.4 is 16.0 Å². The Morgan fingerprint density at radius 2 is 1.23 bits per heavy atom. The number of hydrogen-bond acceptors (Lipinski definition) is 4. The number of nitrogens with one attached hydrogen (secondary N) is 3. The fraction of sp³-hybridized carbons (Fsp3) is 0.281. The number of aliphatic carboxylic acids is 1. The van der Waals surface area contributed by atoms with Crippen LogP contribution in [0.1, 0.15) is 24.0 Å². The lowest BCUT2D eigenvalue weighted by molar-refractivity contribution is -0.142. The maximum Gasteiger partial charge on any atom is 0.326 e. The van der Waals surface area contributed by atoms with Crippen LogP contribution in [0.15, 0.2) is 84.9 Å². The van der Waals surface area contributed by atoms with E-state index in [0.29, 0.717) is 12.8 Å². The Kier molecular flexibility index (Phi) is 8.18. The van der Waals surface area contributed by atoms with E-state index in [9.17, 15) is 19.5 Å². The van der Waals surface area contributed by atoms with Crippen molar-refractivity contribution in [3.63, 3.8) is 0 Å². The molecule has 4 aromatic rings. The van der Waals surface area contributed by atoms with E-state index in [-0.39, 0.29) is 24.7 Å². The molecule has 0 aromatic heterocycles. The van der Waals surface area contributed by atoms with Crippen molar-refractivity contribution >= 4 is 39.3 Å². The van der Waals surface area contributed by atoms with Gasteiger partial charge < -0.3 is 21.1 Å². The molecule has 4 N–H and O–H groups in total. The lowest BCUT2D eigenvalue weighted by Gasteiger charge is -2.26. The van der Waals surface area contributed by atoms with Gasteiger partial charge in [0.2, 0.25) is 11.8 Å². The molecule has 200 valence electrons. The minimum absolute atomic E-state index is 0.136. The highest BCUT2D eigenvalue weighted by molar-refractivity contribution is 5.92. The van der Waals surface area contributed by atoms with E-state index in [4.69, 9.17) is 0 Å². The van der Waals surface area contributed by atoms with Gasteiger partial charge in [-0.3, -0.25) is 9.59 Å². The summed E-state index contributed by atoms with van der Waals surface area (Å²) in [5, 5.41) is 23.1. The fourth-order valence-electron chi connectivity index (χ4n) is 5.26. The van der Waals surface area contributed by atoms with Crippen LogP contribution in [0.25, 0.3) is 21.5 Å². The second-order valence-corrected chi connectivity index (χ2v) is 10.3. The molecule has 1 fully saturated rings. The highest BCUT2D eigenvalue weighted by Crippen LogP contribution is 2.19. The zero-order valence-corrected chi connectivity index (χ0v) is 21.7. The van der Waals surface area contributed by atoms with Crippen molar-refractivity contribution in [1.29, 1.82) is 0 Å². The smallest absolute Gasteiger partial charge is 0.326 e. The summed E-state index contributed by atoms with van der Waals surface area (Å²) in [6, 6.07) is 25.5. The minimum atomic E-state index is -1.13. The van der Waals surface area contributed by atoms with Gasteiger partial charge in [-0.1, -0.05) is 84.9 Å². The Balaban J connectivity index is 1.35. The van der Waals surface area contributed by atoms with Gasteiger partial charge in [0.15, 0.2) is 0 Å². The van der Waals surface area contributed by atoms with Gasteiger partial charge in [0.25, 0.3) is 0 Å². The van der Waals surface area contributed by atoms with Crippen LogP contribution in [0.4, 0.5) is 0 Å². The Bertz CT molecular complexity index is 1500. The highest BCUT2D eigenvalue weighted by Gasteiger charge is 2.30. The molecule has 5 rings (SSSR count). The predicted molar refractivity (Wildman–Crippen MR) is 152 cm³/mol. The number of hydrogen-bond donors (Lipinski definition) is 4. The van der Waals surface area contributed by atoms with E-state index in [1.807, 2.05) is 84.9 Å². The number of carboxylic acid groups (broad SMARTS) is 1. The van der Waals surface area contributed by atoms with E-state index in [2.05, 4.69) is 16.0 Å². The van der Waals surface area contributed by atoms with E-state index in [1.165, 1.54) is 0 Å². The predicted octanol–water partition coefficient (Wildman–Crippen LogP) is 3.83. The number of carbonyl (C=O) groups excluding carboxylic acids is 2. The molecule has 0 bridgehead atoms. The van der Waals surface area contributed by atoms with E-state index >= 15 is 0 Å². The van der Waals surface area contributed by atoms with Crippen LogP contribution in [0.3, 0.4) is 0 Å². The fourth-order valence-corrected chi connectivity index (χ4v) is 5.26. The van der Waals surface area contributed by atoms with Crippen molar-refractivity contribution < 1.29 is 19.5 Å². The molecule has 7 nitrogen and oxygen atoms in total. The van der Waals surface area contributed by atoms with Crippen LogP contribution in [-0.4, -0.2) is 48.1 Å². The Hall–Kier alpha value is -4.23. The molecule has 7 heteroatoms. The Morgan fingerprint density at radius 1 is 0.718 bits per heavy atom. The molecular weight excluding hydrogens is 490 g/mol. The molecule has 1 aliphatic heterocycles. The van der Waals surface area contributed by atoms with Gasteiger partial charge in [-0.05, 0) is 58.6 Å². The van der Waals surface area contributed by atoms with Gasteiger partial charge in [-0.15, -0.1) is 0 Å². The third kappa shape index (κ3) is 6.62. The largest absolute Gasteiger partial charge is 0.480 e. The molecule has 2 atom stereocenters. The number of piperidine rings is 1. The number of amides is 2. The molecule has 4 aromatic carbocycles. The Morgan fingerprint density at radius 3 is 1.77 bits per heavy atom. The Labute approximate surface area is 227 Å². The molecule has 0 spiro atoms. The van der Waals surface area contributed by atoms with Crippen LogP contribution in [0.2, 0.25) is 0 Å². The molecule has 1 saturated heterocycles. The second-order valence-electron chi connectivity index (χ2n) is 10.3. The molecule has 39 heavy (non-hydrogen) atoms. The molecule has 0 radical (unpaired) electrons.